The van der Waals surface area contributed by atoms with Crippen LogP contribution in [-0.2, 0) is 0 Å². The standard InChI is InChI=1S/C15H14N6S2/c1-8-7-23-14(17-8)11-6-16-10-4-5-12(20-13(10)19-11)21-15(22)18-9-2-3-9/h4-7,9H,2-3H2,1H3,(H2,18,19,20,21,22). The van der Waals surface area contributed by atoms with Crippen LogP contribution in [0.2, 0.25) is 0 Å². The molecule has 3 aromatic heterocycles. The maximum absolute atomic E-state index is 5.27. The molecule has 6 nitrogen and oxygen atoms in total. The first-order valence-corrected chi connectivity index (χ1v) is 8.60. The summed E-state index contributed by atoms with van der Waals surface area (Å²) >= 11 is 6.83. The van der Waals surface area contributed by atoms with Crippen molar-refractivity contribution in [1.82, 2.24) is 25.3 Å². The lowest BCUT2D eigenvalue weighted by Crippen LogP contribution is -2.30. The molecule has 23 heavy (non-hydrogen) atoms. The van der Waals surface area contributed by atoms with Crippen molar-refractivity contribution in [2.45, 2.75) is 25.8 Å². The van der Waals surface area contributed by atoms with Gasteiger partial charge in [0, 0.05) is 17.1 Å². The molecule has 3 heterocycles. The summed E-state index contributed by atoms with van der Waals surface area (Å²) in [6, 6.07) is 4.24. The van der Waals surface area contributed by atoms with Crippen molar-refractivity contribution in [3.63, 3.8) is 0 Å². The fourth-order valence-corrected chi connectivity index (χ4v) is 3.13. The zero-order valence-electron chi connectivity index (χ0n) is 12.4. The largest absolute Gasteiger partial charge is 0.360 e. The molecule has 1 aliphatic carbocycles. The molecule has 0 aromatic carbocycles. The van der Waals surface area contributed by atoms with Crippen LogP contribution in [0, 0.1) is 6.92 Å². The average molecular weight is 342 g/mol. The SMILES string of the molecule is Cc1csc(-c2cnc3ccc(NC(=S)NC4CC4)nc3n2)n1. The van der Waals surface area contributed by atoms with Crippen LogP contribution in [0.15, 0.2) is 23.7 Å². The van der Waals surface area contributed by atoms with Crippen LogP contribution in [0.25, 0.3) is 21.9 Å². The van der Waals surface area contributed by atoms with Gasteiger partial charge in [-0.3, -0.25) is 4.98 Å². The van der Waals surface area contributed by atoms with Gasteiger partial charge >= 0.3 is 0 Å². The van der Waals surface area contributed by atoms with Crippen LogP contribution >= 0.6 is 23.6 Å². The Morgan fingerprint density at radius 1 is 1.26 bits per heavy atom. The van der Waals surface area contributed by atoms with E-state index in [1.165, 1.54) is 12.8 Å². The van der Waals surface area contributed by atoms with Gasteiger partial charge in [-0.15, -0.1) is 11.3 Å². The molecular weight excluding hydrogens is 328 g/mol. The quantitative estimate of drug-likeness (QED) is 0.709. The van der Waals surface area contributed by atoms with Gasteiger partial charge in [-0.2, -0.15) is 0 Å². The molecule has 0 aliphatic heterocycles. The van der Waals surface area contributed by atoms with Crippen LogP contribution in [-0.4, -0.2) is 31.1 Å². The van der Waals surface area contributed by atoms with E-state index in [2.05, 4.69) is 30.6 Å². The van der Waals surface area contributed by atoms with E-state index < -0.39 is 0 Å². The Balaban J connectivity index is 1.62. The Bertz CT molecular complexity index is 887. The zero-order valence-corrected chi connectivity index (χ0v) is 14.0. The third-order valence-electron chi connectivity index (χ3n) is 3.40. The summed E-state index contributed by atoms with van der Waals surface area (Å²) in [5.74, 6) is 0.664. The average Bonchev–Trinajstić information content (AvgIpc) is 3.24. The second-order valence-electron chi connectivity index (χ2n) is 5.46. The minimum absolute atomic E-state index is 0.509. The third-order valence-corrected chi connectivity index (χ3v) is 4.60. The van der Waals surface area contributed by atoms with Crippen molar-refractivity contribution in [1.29, 1.82) is 0 Å². The molecule has 2 N–H and O–H groups in total. The number of thiocarbonyl (C=S) groups is 1. The van der Waals surface area contributed by atoms with Gasteiger partial charge in [0.05, 0.1) is 6.20 Å². The first kappa shape index (κ1) is 14.4. The van der Waals surface area contributed by atoms with Crippen LogP contribution < -0.4 is 10.6 Å². The Labute approximate surface area is 142 Å². The first-order valence-electron chi connectivity index (χ1n) is 7.31. The summed E-state index contributed by atoms with van der Waals surface area (Å²) in [7, 11) is 0. The minimum Gasteiger partial charge on any atom is -0.360 e. The summed E-state index contributed by atoms with van der Waals surface area (Å²) in [5, 5.41) is 9.76. The summed E-state index contributed by atoms with van der Waals surface area (Å²) in [6.45, 7) is 1.96. The number of aromatic nitrogens is 4. The predicted octanol–water partition coefficient (Wildman–Crippen LogP) is 2.91. The van der Waals surface area contributed by atoms with E-state index in [4.69, 9.17) is 12.2 Å². The maximum Gasteiger partial charge on any atom is 0.180 e. The van der Waals surface area contributed by atoms with Gasteiger partial charge in [0.1, 0.15) is 22.0 Å². The molecule has 0 amide bonds. The van der Waals surface area contributed by atoms with Crippen molar-refractivity contribution in [2.75, 3.05) is 5.32 Å². The van der Waals surface area contributed by atoms with Gasteiger partial charge in [-0.05, 0) is 44.1 Å². The highest BCUT2D eigenvalue weighted by molar-refractivity contribution is 7.80. The van der Waals surface area contributed by atoms with Crippen LogP contribution in [0.3, 0.4) is 0 Å². The molecule has 116 valence electrons. The molecular formula is C15H14N6S2. The third kappa shape index (κ3) is 3.27. The number of nitrogens with one attached hydrogen (secondary N) is 2. The molecule has 0 spiro atoms. The lowest BCUT2D eigenvalue weighted by molar-refractivity contribution is 0.918. The number of pyridine rings is 1. The van der Waals surface area contributed by atoms with Gasteiger partial charge in [0.25, 0.3) is 0 Å². The molecule has 0 radical (unpaired) electrons. The van der Waals surface area contributed by atoms with E-state index in [1.807, 2.05) is 24.4 Å². The van der Waals surface area contributed by atoms with E-state index in [0.29, 0.717) is 22.6 Å². The van der Waals surface area contributed by atoms with Crippen molar-refractivity contribution >= 4 is 45.6 Å². The molecule has 3 aromatic rings. The highest BCUT2D eigenvalue weighted by Gasteiger charge is 2.21. The zero-order chi connectivity index (χ0) is 15.8. The van der Waals surface area contributed by atoms with Gasteiger partial charge in [-0.25, -0.2) is 15.0 Å². The van der Waals surface area contributed by atoms with E-state index in [9.17, 15) is 0 Å². The monoisotopic (exact) mass is 342 g/mol. The van der Waals surface area contributed by atoms with Crippen LogP contribution in [0.4, 0.5) is 5.82 Å². The minimum atomic E-state index is 0.509. The van der Waals surface area contributed by atoms with E-state index >= 15 is 0 Å². The van der Waals surface area contributed by atoms with Gasteiger partial charge in [0.15, 0.2) is 10.8 Å². The van der Waals surface area contributed by atoms with Crippen molar-refractivity contribution in [2.24, 2.45) is 0 Å². The van der Waals surface area contributed by atoms with Crippen LogP contribution in [0.1, 0.15) is 18.5 Å². The van der Waals surface area contributed by atoms with E-state index in [1.54, 1.807) is 17.5 Å². The second kappa shape index (κ2) is 5.78. The lowest BCUT2D eigenvalue weighted by Gasteiger charge is -2.09. The molecule has 0 saturated heterocycles. The Hall–Kier alpha value is -2.19. The smallest absolute Gasteiger partial charge is 0.180 e. The summed E-state index contributed by atoms with van der Waals surface area (Å²) in [5.41, 5.74) is 3.04. The van der Waals surface area contributed by atoms with E-state index in [0.717, 1.165) is 21.9 Å². The number of aryl methyl sites for hydroxylation is 1. The highest BCUT2D eigenvalue weighted by atomic mass is 32.1. The number of rotatable bonds is 3. The van der Waals surface area contributed by atoms with Gasteiger partial charge in [0.2, 0.25) is 0 Å². The van der Waals surface area contributed by atoms with Gasteiger partial charge in [-0.1, -0.05) is 0 Å². The first-order chi connectivity index (χ1) is 11.2. The molecule has 0 atom stereocenters. The highest BCUT2D eigenvalue weighted by Crippen LogP contribution is 2.23. The number of nitrogens with zero attached hydrogens (tertiary/aromatic N) is 4. The fourth-order valence-electron chi connectivity index (χ4n) is 2.11. The molecule has 0 unspecified atom stereocenters. The summed E-state index contributed by atoms with van der Waals surface area (Å²) in [6.07, 6.45) is 4.08. The van der Waals surface area contributed by atoms with E-state index in [-0.39, 0.29) is 0 Å². The number of thiazole rings is 1. The number of anilines is 1. The molecule has 8 heteroatoms. The van der Waals surface area contributed by atoms with Crippen molar-refractivity contribution < 1.29 is 0 Å². The molecule has 4 rings (SSSR count). The van der Waals surface area contributed by atoms with Crippen molar-refractivity contribution in [3.05, 3.63) is 29.4 Å². The number of hydrogen-bond donors (Lipinski definition) is 2. The number of fused-ring (bicyclic) bond motifs is 1. The second-order valence-corrected chi connectivity index (χ2v) is 6.73. The molecule has 1 fully saturated rings. The summed E-state index contributed by atoms with van der Waals surface area (Å²) in [4.78, 5) is 17.9. The topological polar surface area (TPSA) is 75.6 Å². The maximum atomic E-state index is 5.27. The lowest BCUT2D eigenvalue weighted by atomic mass is 10.3. The molecule has 1 aliphatic rings. The molecule has 1 saturated carbocycles. The summed E-state index contributed by atoms with van der Waals surface area (Å²) < 4.78 is 0. The Morgan fingerprint density at radius 3 is 2.87 bits per heavy atom. The normalized spacial score (nSPS) is 14.0. The molecule has 0 bridgehead atoms. The van der Waals surface area contributed by atoms with Crippen molar-refractivity contribution in [3.8, 4) is 10.7 Å². The number of hydrogen-bond acceptors (Lipinski definition) is 6. The van der Waals surface area contributed by atoms with Crippen LogP contribution in [0.5, 0.6) is 0 Å². The Morgan fingerprint density at radius 2 is 2.13 bits per heavy atom. The van der Waals surface area contributed by atoms with Gasteiger partial charge < -0.3 is 10.6 Å². The Kier molecular flexibility index (Phi) is 3.62. The predicted molar refractivity (Wildman–Crippen MR) is 95.6 cm³/mol. The fraction of sp³-hybridized carbons (Fsp3) is 0.267.